The summed E-state index contributed by atoms with van der Waals surface area (Å²) in [7, 11) is -3.98. The molecule has 33 heavy (non-hydrogen) atoms. The van der Waals surface area contributed by atoms with Crippen molar-refractivity contribution >= 4 is 38.8 Å². The van der Waals surface area contributed by atoms with E-state index in [2.05, 4.69) is 0 Å². The molecular formula is C24H23NO7S. The van der Waals surface area contributed by atoms with Gasteiger partial charge in [-0.2, -0.15) is 4.31 Å². The molecule has 0 aliphatic rings. The van der Waals surface area contributed by atoms with Crippen molar-refractivity contribution in [2.45, 2.75) is 6.42 Å². The summed E-state index contributed by atoms with van der Waals surface area (Å²) in [5, 5.41) is 20.6. The summed E-state index contributed by atoms with van der Waals surface area (Å²) in [6.07, 6.45) is 1.68. The molecule has 0 amide bonds. The highest BCUT2D eigenvalue weighted by molar-refractivity contribution is 7.92. The van der Waals surface area contributed by atoms with Crippen LogP contribution < -0.4 is 4.74 Å². The van der Waals surface area contributed by atoms with Gasteiger partial charge in [0.05, 0.1) is 0 Å². The van der Waals surface area contributed by atoms with E-state index in [1.807, 2.05) is 18.2 Å². The Hall–Kier alpha value is -3.69. The molecule has 0 saturated heterocycles. The average molecular weight is 470 g/mol. The number of carboxylic acids is 2. The Kier molecular flexibility index (Phi) is 7.81. The zero-order chi connectivity index (χ0) is 23.8. The third-order valence-corrected chi connectivity index (χ3v) is 6.37. The highest BCUT2D eigenvalue weighted by Gasteiger charge is 2.22. The van der Waals surface area contributed by atoms with Crippen molar-refractivity contribution < 1.29 is 33.0 Å². The van der Waals surface area contributed by atoms with Gasteiger partial charge in [-0.3, -0.25) is 4.79 Å². The van der Waals surface area contributed by atoms with E-state index >= 15 is 0 Å². The summed E-state index contributed by atoms with van der Waals surface area (Å²) in [5.74, 6) is -1.95. The standard InChI is InChI=1S/C24H23NO7S/c26-23(27)16-25(33(30,31)15-13-18-6-2-1-3-7-18)14-12-19-8-4-10-21-20(19)9-5-11-22(21)32-17-24(28)29/h1-11,13,15H,12,14,16-17H2,(H,26,27)(H,28,29). The molecule has 3 aromatic rings. The zero-order valence-electron chi connectivity index (χ0n) is 17.6. The van der Waals surface area contributed by atoms with Crippen LogP contribution in [0.3, 0.4) is 0 Å². The Morgan fingerprint density at radius 1 is 0.879 bits per heavy atom. The number of benzene rings is 3. The topological polar surface area (TPSA) is 121 Å². The molecule has 0 radical (unpaired) electrons. The van der Waals surface area contributed by atoms with Gasteiger partial charge in [0.2, 0.25) is 10.0 Å². The largest absolute Gasteiger partial charge is 0.481 e. The summed E-state index contributed by atoms with van der Waals surface area (Å²) in [4.78, 5) is 22.2. The number of rotatable bonds is 11. The lowest BCUT2D eigenvalue weighted by molar-refractivity contribution is -0.139. The smallest absolute Gasteiger partial charge is 0.341 e. The lowest BCUT2D eigenvalue weighted by atomic mass is 10.0. The minimum atomic E-state index is -3.98. The molecule has 0 spiro atoms. The van der Waals surface area contributed by atoms with Crippen molar-refractivity contribution in [1.82, 2.24) is 4.31 Å². The summed E-state index contributed by atoms with van der Waals surface area (Å²) < 4.78 is 31.9. The van der Waals surface area contributed by atoms with Gasteiger partial charge in [-0.05, 0) is 35.1 Å². The van der Waals surface area contributed by atoms with E-state index in [9.17, 15) is 23.1 Å². The van der Waals surface area contributed by atoms with Gasteiger partial charge in [-0.25, -0.2) is 13.2 Å². The fraction of sp³-hybridized carbons (Fsp3) is 0.167. The predicted molar refractivity (Wildman–Crippen MR) is 124 cm³/mol. The first-order valence-electron chi connectivity index (χ1n) is 10.1. The number of fused-ring (bicyclic) bond motifs is 1. The second kappa shape index (κ2) is 10.8. The van der Waals surface area contributed by atoms with Crippen LogP contribution in [0.25, 0.3) is 16.8 Å². The van der Waals surface area contributed by atoms with Gasteiger partial charge in [-0.15, -0.1) is 0 Å². The van der Waals surface area contributed by atoms with E-state index < -0.39 is 35.1 Å². The lowest BCUT2D eigenvalue weighted by Gasteiger charge is -2.19. The molecule has 8 nitrogen and oxygen atoms in total. The third kappa shape index (κ3) is 6.64. The van der Waals surface area contributed by atoms with Crippen LogP contribution in [0.1, 0.15) is 11.1 Å². The first-order valence-corrected chi connectivity index (χ1v) is 11.6. The average Bonchev–Trinajstić information content (AvgIpc) is 2.79. The normalized spacial score (nSPS) is 11.8. The minimum absolute atomic E-state index is 0.0485. The maximum Gasteiger partial charge on any atom is 0.341 e. The summed E-state index contributed by atoms with van der Waals surface area (Å²) in [5.41, 5.74) is 1.46. The van der Waals surface area contributed by atoms with Crippen molar-refractivity contribution in [3.63, 3.8) is 0 Å². The summed E-state index contributed by atoms with van der Waals surface area (Å²) >= 11 is 0. The number of carboxylic acid groups (broad SMARTS) is 2. The molecule has 172 valence electrons. The maximum absolute atomic E-state index is 12.8. The molecule has 0 unspecified atom stereocenters. The van der Waals surface area contributed by atoms with Gasteiger partial charge in [0.25, 0.3) is 0 Å². The van der Waals surface area contributed by atoms with Crippen LogP contribution in [0.4, 0.5) is 0 Å². The Bertz CT molecular complexity index is 1270. The number of sulfonamides is 1. The molecule has 0 aromatic heterocycles. The van der Waals surface area contributed by atoms with E-state index in [0.29, 0.717) is 16.7 Å². The summed E-state index contributed by atoms with van der Waals surface area (Å²) in [6.45, 7) is -1.20. The first kappa shape index (κ1) is 24.0. The third-order valence-electron chi connectivity index (χ3n) is 4.86. The Labute approximate surface area is 191 Å². The summed E-state index contributed by atoms with van der Waals surface area (Å²) in [6, 6.07) is 19.4. The highest BCUT2D eigenvalue weighted by atomic mass is 32.2. The number of hydrogen-bond acceptors (Lipinski definition) is 5. The molecule has 0 aliphatic carbocycles. The van der Waals surface area contributed by atoms with Crippen molar-refractivity contribution in [2.75, 3.05) is 19.7 Å². The second-order valence-electron chi connectivity index (χ2n) is 7.19. The van der Waals surface area contributed by atoms with Gasteiger partial charge in [0, 0.05) is 17.3 Å². The fourth-order valence-electron chi connectivity index (χ4n) is 3.34. The van der Waals surface area contributed by atoms with Gasteiger partial charge >= 0.3 is 11.9 Å². The molecule has 9 heteroatoms. The van der Waals surface area contributed by atoms with Gasteiger partial charge in [-0.1, -0.05) is 60.7 Å². The van der Waals surface area contributed by atoms with Crippen LogP contribution in [-0.4, -0.2) is 54.6 Å². The molecule has 0 bridgehead atoms. The SMILES string of the molecule is O=C(O)COc1cccc2c(CCN(CC(=O)O)S(=O)(=O)C=Cc3ccccc3)cccc12. The molecule has 0 heterocycles. The van der Waals surface area contributed by atoms with E-state index in [4.69, 9.17) is 9.84 Å². The molecule has 0 aliphatic heterocycles. The van der Waals surface area contributed by atoms with Crippen LogP contribution in [0.2, 0.25) is 0 Å². The maximum atomic E-state index is 12.8. The molecule has 3 aromatic carbocycles. The fourth-order valence-corrected chi connectivity index (χ4v) is 4.47. The molecule has 3 rings (SSSR count). The molecule has 0 fully saturated rings. The van der Waals surface area contributed by atoms with E-state index in [-0.39, 0.29) is 13.0 Å². The van der Waals surface area contributed by atoms with Gasteiger partial charge < -0.3 is 14.9 Å². The number of carbonyl (C=O) groups is 2. The van der Waals surface area contributed by atoms with E-state index in [1.54, 1.807) is 48.5 Å². The zero-order valence-corrected chi connectivity index (χ0v) is 18.4. The number of aliphatic carboxylic acids is 2. The highest BCUT2D eigenvalue weighted by Crippen LogP contribution is 2.28. The van der Waals surface area contributed by atoms with Crippen LogP contribution >= 0.6 is 0 Å². The quantitative estimate of drug-likeness (QED) is 0.442. The van der Waals surface area contributed by atoms with Crippen LogP contribution in [0, 0.1) is 0 Å². The first-order chi connectivity index (χ1) is 15.8. The van der Waals surface area contributed by atoms with Gasteiger partial charge in [0.1, 0.15) is 12.3 Å². The van der Waals surface area contributed by atoms with Crippen molar-refractivity contribution in [1.29, 1.82) is 0 Å². The minimum Gasteiger partial charge on any atom is -0.481 e. The van der Waals surface area contributed by atoms with Crippen LogP contribution in [0.5, 0.6) is 5.75 Å². The monoisotopic (exact) mass is 469 g/mol. The Morgan fingerprint density at radius 3 is 2.27 bits per heavy atom. The molecule has 0 saturated carbocycles. The van der Waals surface area contributed by atoms with E-state index in [0.717, 1.165) is 20.7 Å². The van der Waals surface area contributed by atoms with Crippen LogP contribution in [-0.2, 0) is 26.0 Å². The molecule has 2 N–H and O–H groups in total. The van der Waals surface area contributed by atoms with Crippen molar-refractivity contribution in [2.24, 2.45) is 0 Å². The molecular weight excluding hydrogens is 446 g/mol. The second-order valence-corrected chi connectivity index (χ2v) is 9.00. The van der Waals surface area contributed by atoms with Gasteiger partial charge in [0.15, 0.2) is 6.61 Å². The Morgan fingerprint density at radius 2 is 1.58 bits per heavy atom. The predicted octanol–water partition coefficient (Wildman–Crippen LogP) is 3.23. The van der Waals surface area contributed by atoms with Crippen molar-refractivity contribution in [3.05, 3.63) is 83.3 Å². The Balaban J connectivity index is 1.83. The van der Waals surface area contributed by atoms with Crippen molar-refractivity contribution in [3.8, 4) is 5.75 Å². The lowest BCUT2D eigenvalue weighted by Crippen LogP contribution is -2.36. The molecule has 0 atom stereocenters. The number of hydrogen-bond donors (Lipinski definition) is 2. The van der Waals surface area contributed by atoms with Crippen LogP contribution in [0.15, 0.2) is 72.1 Å². The number of nitrogens with zero attached hydrogens (tertiary/aromatic N) is 1. The van der Waals surface area contributed by atoms with E-state index in [1.165, 1.54) is 6.08 Å². The number of ether oxygens (including phenoxy) is 1.